The number of hydrogen-bond donors (Lipinski definition) is 1. The third-order valence-corrected chi connectivity index (χ3v) is 3.13. The van der Waals surface area contributed by atoms with E-state index in [1.165, 1.54) is 6.92 Å². The molecule has 1 saturated heterocycles. The number of nitrogens with zero attached hydrogens (tertiary/aromatic N) is 1. The molecule has 0 bridgehead atoms. The Hall–Kier alpha value is -1.20. The summed E-state index contributed by atoms with van der Waals surface area (Å²) >= 11 is 0. The molecule has 1 aliphatic rings. The molecule has 1 aromatic rings. The fourth-order valence-electron chi connectivity index (χ4n) is 2.10. The molecular weight excluding hydrogens is 274 g/mol. The van der Waals surface area contributed by atoms with E-state index in [-0.39, 0.29) is 29.6 Å². The highest BCUT2D eigenvalue weighted by Crippen LogP contribution is 2.17. The summed E-state index contributed by atoms with van der Waals surface area (Å²) in [6.07, 6.45) is 0. The SMILES string of the molecule is Cc1cc(F)c(C(=O)N2CCNC(C)C2)cc1F.Cl. The van der Waals surface area contributed by atoms with E-state index in [0.29, 0.717) is 19.6 Å². The first-order valence-corrected chi connectivity index (χ1v) is 5.97. The Kier molecular flexibility index (Phi) is 5.26. The number of benzene rings is 1. The van der Waals surface area contributed by atoms with E-state index < -0.39 is 17.5 Å². The maximum Gasteiger partial charge on any atom is 0.257 e. The Morgan fingerprint density at radius 1 is 1.37 bits per heavy atom. The maximum atomic E-state index is 13.7. The van der Waals surface area contributed by atoms with Gasteiger partial charge in [0.2, 0.25) is 0 Å². The predicted octanol–water partition coefficient (Wildman–Crippen LogP) is 2.13. The molecule has 0 saturated carbocycles. The average Bonchev–Trinajstić information content (AvgIpc) is 2.33. The first-order chi connectivity index (χ1) is 8.49. The molecule has 1 unspecified atom stereocenters. The van der Waals surface area contributed by atoms with Gasteiger partial charge in [-0.25, -0.2) is 8.78 Å². The van der Waals surface area contributed by atoms with Crippen molar-refractivity contribution in [2.24, 2.45) is 0 Å². The summed E-state index contributed by atoms with van der Waals surface area (Å²) < 4.78 is 27.1. The molecule has 1 atom stereocenters. The number of rotatable bonds is 1. The zero-order valence-corrected chi connectivity index (χ0v) is 11.7. The van der Waals surface area contributed by atoms with Crippen molar-refractivity contribution in [2.45, 2.75) is 19.9 Å². The van der Waals surface area contributed by atoms with Crippen molar-refractivity contribution in [2.75, 3.05) is 19.6 Å². The lowest BCUT2D eigenvalue weighted by molar-refractivity contribution is 0.0704. The van der Waals surface area contributed by atoms with Gasteiger partial charge in [-0.15, -0.1) is 12.4 Å². The quantitative estimate of drug-likeness (QED) is 0.859. The topological polar surface area (TPSA) is 32.3 Å². The van der Waals surface area contributed by atoms with Crippen LogP contribution in [0.25, 0.3) is 0 Å². The highest BCUT2D eigenvalue weighted by atomic mass is 35.5. The highest BCUT2D eigenvalue weighted by Gasteiger charge is 2.24. The van der Waals surface area contributed by atoms with E-state index >= 15 is 0 Å². The number of nitrogens with one attached hydrogen (secondary N) is 1. The molecule has 1 N–H and O–H groups in total. The summed E-state index contributed by atoms with van der Waals surface area (Å²) in [6, 6.07) is 2.22. The molecule has 106 valence electrons. The predicted molar refractivity (Wildman–Crippen MR) is 71.7 cm³/mol. The van der Waals surface area contributed by atoms with Crippen LogP contribution in [-0.4, -0.2) is 36.5 Å². The zero-order valence-electron chi connectivity index (χ0n) is 10.9. The molecule has 0 spiro atoms. The van der Waals surface area contributed by atoms with Crippen molar-refractivity contribution in [3.63, 3.8) is 0 Å². The lowest BCUT2D eigenvalue weighted by atomic mass is 10.1. The van der Waals surface area contributed by atoms with Crippen LogP contribution in [0.4, 0.5) is 8.78 Å². The molecule has 6 heteroatoms. The number of halogens is 3. The number of aryl methyl sites for hydroxylation is 1. The second-order valence-corrected chi connectivity index (χ2v) is 4.69. The van der Waals surface area contributed by atoms with Gasteiger partial charge in [0, 0.05) is 25.7 Å². The third-order valence-electron chi connectivity index (χ3n) is 3.13. The number of carbonyl (C=O) groups is 1. The van der Waals surface area contributed by atoms with Gasteiger partial charge in [0.1, 0.15) is 11.6 Å². The highest BCUT2D eigenvalue weighted by molar-refractivity contribution is 5.94. The first-order valence-electron chi connectivity index (χ1n) is 5.97. The third kappa shape index (κ3) is 3.42. The van der Waals surface area contributed by atoms with Gasteiger partial charge < -0.3 is 10.2 Å². The van der Waals surface area contributed by atoms with Crippen LogP contribution in [0.5, 0.6) is 0 Å². The van der Waals surface area contributed by atoms with Gasteiger partial charge in [0.15, 0.2) is 0 Å². The molecule has 1 heterocycles. The summed E-state index contributed by atoms with van der Waals surface area (Å²) in [6.45, 7) is 5.11. The maximum absolute atomic E-state index is 13.7. The lowest BCUT2D eigenvalue weighted by Crippen LogP contribution is -2.51. The molecule has 3 nitrogen and oxygen atoms in total. The van der Waals surface area contributed by atoms with E-state index in [1.807, 2.05) is 6.92 Å². The summed E-state index contributed by atoms with van der Waals surface area (Å²) in [7, 11) is 0. The normalized spacial score (nSPS) is 18.9. The molecule has 0 radical (unpaired) electrons. The van der Waals surface area contributed by atoms with E-state index in [2.05, 4.69) is 5.32 Å². The molecule has 0 aromatic heterocycles. The van der Waals surface area contributed by atoms with Gasteiger partial charge in [-0.05, 0) is 31.5 Å². The Morgan fingerprint density at radius 3 is 2.68 bits per heavy atom. The molecule has 1 aliphatic heterocycles. The van der Waals surface area contributed by atoms with E-state index in [0.717, 1.165) is 12.1 Å². The minimum atomic E-state index is -0.662. The van der Waals surface area contributed by atoms with Gasteiger partial charge in [0.05, 0.1) is 5.56 Å². The Bertz CT molecular complexity index is 482. The number of hydrogen-bond acceptors (Lipinski definition) is 2. The van der Waals surface area contributed by atoms with Crippen LogP contribution >= 0.6 is 12.4 Å². The molecule has 2 rings (SSSR count). The zero-order chi connectivity index (χ0) is 13.3. The molecule has 19 heavy (non-hydrogen) atoms. The van der Waals surface area contributed by atoms with Crippen molar-refractivity contribution in [3.8, 4) is 0 Å². The van der Waals surface area contributed by atoms with E-state index in [1.54, 1.807) is 4.90 Å². The first kappa shape index (κ1) is 15.9. The lowest BCUT2D eigenvalue weighted by Gasteiger charge is -2.32. The largest absolute Gasteiger partial charge is 0.336 e. The van der Waals surface area contributed by atoms with E-state index in [9.17, 15) is 13.6 Å². The summed E-state index contributed by atoms with van der Waals surface area (Å²) in [5.41, 5.74) is 0.0185. The standard InChI is InChI=1S/C13H16F2N2O.ClH/c1-8-5-12(15)10(6-11(8)14)13(18)17-4-3-16-9(2)7-17;/h5-6,9,16H,3-4,7H2,1-2H3;1H. The van der Waals surface area contributed by atoms with Gasteiger partial charge >= 0.3 is 0 Å². The van der Waals surface area contributed by atoms with Crippen molar-refractivity contribution in [1.29, 1.82) is 0 Å². The number of amides is 1. The van der Waals surface area contributed by atoms with Crippen LogP contribution in [0, 0.1) is 18.6 Å². The van der Waals surface area contributed by atoms with Crippen molar-refractivity contribution >= 4 is 18.3 Å². The van der Waals surface area contributed by atoms with E-state index in [4.69, 9.17) is 0 Å². The second-order valence-electron chi connectivity index (χ2n) is 4.69. The van der Waals surface area contributed by atoms with Crippen LogP contribution in [-0.2, 0) is 0 Å². The van der Waals surface area contributed by atoms with Gasteiger partial charge in [-0.3, -0.25) is 4.79 Å². The van der Waals surface area contributed by atoms with Crippen LogP contribution in [0.2, 0.25) is 0 Å². The Balaban J connectivity index is 0.00000180. The molecule has 1 fully saturated rings. The fourth-order valence-corrected chi connectivity index (χ4v) is 2.10. The molecule has 1 aromatic carbocycles. The van der Waals surface area contributed by atoms with Crippen LogP contribution < -0.4 is 5.32 Å². The van der Waals surface area contributed by atoms with Gasteiger partial charge in [-0.1, -0.05) is 0 Å². The van der Waals surface area contributed by atoms with Crippen LogP contribution in [0.15, 0.2) is 12.1 Å². The molecular formula is C13H17ClF2N2O. The second kappa shape index (κ2) is 6.30. The summed E-state index contributed by atoms with van der Waals surface area (Å²) in [4.78, 5) is 13.7. The smallest absolute Gasteiger partial charge is 0.257 e. The summed E-state index contributed by atoms with van der Waals surface area (Å²) in [5.74, 6) is -1.66. The monoisotopic (exact) mass is 290 g/mol. The van der Waals surface area contributed by atoms with Crippen LogP contribution in [0.1, 0.15) is 22.8 Å². The van der Waals surface area contributed by atoms with Crippen LogP contribution in [0.3, 0.4) is 0 Å². The number of carbonyl (C=O) groups excluding carboxylic acids is 1. The fraction of sp³-hybridized carbons (Fsp3) is 0.462. The molecule has 0 aliphatic carbocycles. The minimum absolute atomic E-state index is 0. The minimum Gasteiger partial charge on any atom is -0.336 e. The molecule has 1 amide bonds. The number of piperazine rings is 1. The Labute approximate surface area is 117 Å². The average molecular weight is 291 g/mol. The van der Waals surface area contributed by atoms with Gasteiger partial charge in [-0.2, -0.15) is 0 Å². The van der Waals surface area contributed by atoms with Crippen molar-refractivity contribution < 1.29 is 13.6 Å². The van der Waals surface area contributed by atoms with Gasteiger partial charge in [0.25, 0.3) is 5.91 Å². The van der Waals surface area contributed by atoms with Crippen molar-refractivity contribution in [3.05, 3.63) is 34.9 Å². The van der Waals surface area contributed by atoms with Crippen molar-refractivity contribution in [1.82, 2.24) is 10.2 Å². The summed E-state index contributed by atoms with van der Waals surface area (Å²) in [5, 5.41) is 3.19. The Morgan fingerprint density at radius 2 is 2.05 bits per heavy atom.